The molecule has 244 valence electrons. The molecule has 0 unspecified atom stereocenters. The van der Waals surface area contributed by atoms with E-state index >= 15 is 0 Å². The Balaban J connectivity index is 1.28. The lowest BCUT2D eigenvalue weighted by Gasteiger charge is -2.22. The number of rotatable bonds is 9. The van der Waals surface area contributed by atoms with Crippen molar-refractivity contribution in [2.45, 2.75) is 39.5 Å². The molecule has 15 heteroatoms. The van der Waals surface area contributed by atoms with E-state index in [0.717, 1.165) is 22.4 Å². The van der Waals surface area contributed by atoms with E-state index in [-0.39, 0.29) is 28.4 Å². The van der Waals surface area contributed by atoms with Crippen molar-refractivity contribution in [3.05, 3.63) is 84.2 Å². The van der Waals surface area contributed by atoms with Gasteiger partial charge in [0.25, 0.3) is 0 Å². The highest BCUT2D eigenvalue weighted by Crippen LogP contribution is 2.36. The first-order chi connectivity index (χ1) is 22.5. The van der Waals surface area contributed by atoms with Gasteiger partial charge in [0.2, 0.25) is 11.0 Å². The Bertz CT molecular complexity index is 1820. The third-order valence-electron chi connectivity index (χ3n) is 6.99. The lowest BCUT2D eigenvalue weighted by Crippen LogP contribution is -2.31. The molecule has 4 aromatic rings. The zero-order valence-electron chi connectivity index (χ0n) is 25.8. The maximum absolute atomic E-state index is 12.9. The number of thiocarbonyl (C=S) groups is 1. The van der Waals surface area contributed by atoms with Crippen molar-refractivity contribution < 1.29 is 27.4 Å². The van der Waals surface area contributed by atoms with Crippen molar-refractivity contribution in [1.82, 2.24) is 20.2 Å². The average molecular weight is 682 g/mol. The number of nitrogens with zero attached hydrogens (tertiary/aromatic N) is 6. The molecule has 2 heterocycles. The summed E-state index contributed by atoms with van der Waals surface area (Å²) >= 11 is 6.79. The number of amidine groups is 1. The summed E-state index contributed by atoms with van der Waals surface area (Å²) in [6, 6.07) is 18.4. The van der Waals surface area contributed by atoms with Gasteiger partial charge >= 0.3 is 6.36 Å². The van der Waals surface area contributed by atoms with Crippen LogP contribution in [0, 0.1) is 0 Å². The lowest BCUT2D eigenvalue weighted by molar-refractivity contribution is -0.274. The second-order valence-electron chi connectivity index (χ2n) is 10.5. The molecular weight excluding hydrogens is 652 g/mol. The summed E-state index contributed by atoms with van der Waals surface area (Å²) in [5, 5.41) is 9.50. The first-order valence-electron chi connectivity index (χ1n) is 14.4. The van der Waals surface area contributed by atoms with E-state index in [9.17, 15) is 18.0 Å². The number of carbonyl (C=O) groups is 1. The van der Waals surface area contributed by atoms with Gasteiger partial charge in [-0.2, -0.15) is 10.1 Å². The van der Waals surface area contributed by atoms with Crippen LogP contribution in [0.2, 0.25) is 0 Å². The van der Waals surface area contributed by atoms with Crippen molar-refractivity contribution in [1.29, 1.82) is 0 Å². The van der Waals surface area contributed by atoms with E-state index < -0.39 is 6.36 Å². The van der Waals surface area contributed by atoms with Crippen molar-refractivity contribution in [3.63, 3.8) is 0 Å². The third-order valence-corrected chi connectivity index (χ3v) is 8.09. The Morgan fingerprint density at radius 3 is 2.43 bits per heavy atom. The summed E-state index contributed by atoms with van der Waals surface area (Å²) in [5.74, 6) is 1.05. The molecule has 1 fully saturated rings. The molecule has 0 saturated carbocycles. The Morgan fingerprint density at radius 2 is 1.79 bits per heavy atom. The maximum Gasteiger partial charge on any atom is 0.573 e. The van der Waals surface area contributed by atoms with Crippen LogP contribution in [-0.2, 0) is 4.79 Å². The van der Waals surface area contributed by atoms with Crippen LogP contribution in [0.5, 0.6) is 11.5 Å². The minimum atomic E-state index is -4.76. The van der Waals surface area contributed by atoms with E-state index in [4.69, 9.17) is 17.0 Å². The van der Waals surface area contributed by atoms with Gasteiger partial charge in [0.1, 0.15) is 17.8 Å². The number of anilines is 1. The molecule has 3 aromatic carbocycles. The predicted molar refractivity (Wildman–Crippen MR) is 181 cm³/mol. The van der Waals surface area contributed by atoms with Crippen LogP contribution in [-0.4, -0.2) is 55.9 Å². The normalized spacial score (nSPS) is 14.6. The zero-order valence-corrected chi connectivity index (χ0v) is 27.4. The SMILES string of the molecule is CC/C(=N\NC(=S)/N=C1\SCC(=O)N1c1cc(OC)ccc1C(C)C)c1ccc(-c2ncn(-c3ccc(OC(F)(F)F)cc3)n2)cc1. The summed E-state index contributed by atoms with van der Waals surface area (Å²) in [6.07, 6.45) is -2.70. The number of hydrazone groups is 1. The minimum Gasteiger partial charge on any atom is -0.497 e. The molecule has 1 aliphatic heterocycles. The molecule has 1 amide bonds. The first kappa shape index (κ1) is 33.6. The van der Waals surface area contributed by atoms with Gasteiger partial charge in [0, 0.05) is 11.6 Å². The van der Waals surface area contributed by atoms with E-state index in [2.05, 4.69) is 44.2 Å². The number of carbonyl (C=O) groups excluding carboxylic acids is 1. The maximum atomic E-state index is 12.9. The summed E-state index contributed by atoms with van der Waals surface area (Å²) in [4.78, 5) is 23.4. The molecule has 5 rings (SSSR count). The number of aromatic nitrogens is 3. The molecule has 1 aromatic heterocycles. The van der Waals surface area contributed by atoms with Gasteiger partial charge in [-0.1, -0.05) is 62.9 Å². The molecule has 0 aliphatic carbocycles. The number of hydrogen-bond acceptors (Lipinski definition) is 8. The molecular formula is C32H30F3N7O3S2. The molecule has 47 heavy (non-hydrogen) atoms. The van der Waals surface area contributed by atoms with Gasteiger partial charge < -0.3 is 9.47 Å². The second kappa shape index (κ2) is 14.3. The predicted octanol–water partition coefficient (Wildman–Crippen LogP) is 7.09. The molecule has 0 radical (unpaired) electrons. The average Bonchev–Trinajstić information content (AvgIpc) is 3.68. The van der Waals surface area contributed by atoms with E-state index in [1.807, 2.05) is 49.4 Å². The second-order valence-corrected chi connectivity index (χ2v) is 11.8. The Kier molecular flexibility index (Phi) is 10.3. The Morgan fingerprint density at radius 1 is 1.09 bits per heavy atom. The number of benzene rings is 3. The summed E-state index contributed by atoms with van der Waals surface area (Å²) in [5.41, 5.74) is 7.35. The monoisotopic (exact) mass is 681 g/mol. The standard InChI is InChI=1S/C32H30F3N7O3S2/c1-5-26(38-39-30(46)37-31-42(28(43)17-47-31)27-16-24(44-4)14-15-25(27)19(2)3)20-6-8-21(9-7-20)29-36-18-41(40-29)22-10-12-23(13-11-22)45-32(33,34)35/h6-16,18-19H,5,17H2,1-4H3,(H,39,46)/b37-31-,38-26+. The molecule has 0 bridgehead atoms. The number of amides is 1. The first-order valence-corrected chi connectivity index (χ1v) is 15.8. The Hall–Kier alpha value is -4.76. The van der Waals surface area contributed by atoms with Gasteiger partial charge in [0.05, 0.1) is 29.9 Å². The highest BCUT2D eigenvalue weighted by atomic mass is 32.2. The van der Waals surface area contributed by atoms with E-state index in [1.54, 1.807) is 12.0 Å². The largest absolute Gasteiger partial charge is 0.573 e. The lowest BCUT2D eigenvalue weighted by atomic mass is 10.00. The fourth-order valence-electron chi connectivity index (χ4n) is 4.72. The molecule has 1 saturated heterocycles. The van der Waals surface area contributed by atoms with Crippen molar-refractivity contribution in [2.75, 3.05) is 17.8 Å². The van der Waals surface area contributed by atoms with Gasteiger partial charge in [-0.05, 0) is 66.0 Å². The number of nitrogens with one attached hydrogen (secondary N) is 1. The van der Waals surface area contributed by atoms with Crippen LogP contribution in [0.25, 0.3) is 17.1 Å². The third kappa shape index (κ3) is 8.16. The number of alkyl halides is 3. The molecule has 1 aliphatic rings. The minimum absolute atomic E-state index is 0.0997. The van der Waals surface area contributed by atoms with Gasteiger partial charge in [-0.15, -0.1) is 18.3 Å². The molecule has 10 nitrogen and oxygen atoms in total. The smallest absolute Gasteiger partial charge is 0.497 e. The summed E-state index contributed by atoms with van der Waals surface area (Å²) in [7, 11) is 1.58. The van der Waals surface area contributed by atoms with Crippen LogP contribution in [0.15, 0.2) is 83.2 Å². The van der Waals surface area contributed by atoms with Crippen LogP contribution in [0.4, 0.5) is 18.9 Å². The van der Waals surface area contributed by atoms with Gasteiger partial charge in [-0.3, -0.25) is 15.1 Å². The van der Waals surface area contributed by atoms with Crippen molar-refractivity contribution >= 4 is 51.6 Å². The van der Waals surface area contributed by atoms with Crippen LogP contribution < -0.4 is 19.8 Å². The number of thioether (sulfide) groups is 1. The fourth-order valence-corrected chi connectivity index (χ4v) is 5.78. The molecule has 0 atom stereocenters. The number of methoxy groups -OCH3 is 1. The van der Waals surface area contributed by atoms with Crippen molar-refractivity contribution in [3.8, 4) is 28.6 Å². The van der Waals surface area contributed by atoms with E-state index in [1.165, 1.54) is 47.0 Å². The quantitative estimate of drug-likeness (QED) is 0.113. The fraction of sp³-hybridized carbons (Fsp3) is 0.250. The van der Waals surface area contributed by atoms with E-state index in [0.29, 0.717) is 34.5 Å². The topological polar surface area (TPSA) is 106 Å². The molecule has 1 N–H and O–H groups in total. The number of hydrogen-bond donors (Lipinski definition) is 1. The Labute approximate surface area is 278 Å². The van der Waals surface area contributed by atoms with Gasteiger partial charge in [0.15, 0.2) is 11.0 Å². The van der Waals surface area contributed by atoms with Crippen LogP contribution in [0.1, 0.15) is 44.2 Å². The summed E-state index contributed by atoms with van der Waals surface area (Å²) < 4.78 is 48.1. The summed E-state index contributed by atoms with van der Waals surface area (Å²) in [6.45, 7) is 6.07. The number of ether oxygens (including phenoxy) is 2. The van der Waals surface area contributed by atoms with Crippen LogP contribution >= 0.6 is 24.0 Å². The molecule has 0 spiro atoms. The van der Waals surface area contributed by atoms with Crippen LogP contribution in [0.3, 0.4) is 0 Å². The zero-order chi connectivity index (χ0) is 33.7. The highest BCUT2D eigenvalue weighted by Gasteiger charge is 2.33. The number of aliphatic imine (C=N–C) groups is 1. The van der Waals surface area contributed by atoms with Gasteiger partial charge in [-0.25, -0.2) is 9.67 Å². The number of halogens is 3. The highest BCUT2D eigenvalue weighted by molar-refractivity contribution is 8.15. The van der Waals surface area contributed by atoms with Crippen molar-refractivity contribution in [2.24, 2.45) is 10.1 Å².